The summed E-state index contributed by atoms with van der Waals surface area (Å²) in [6.45, 7) is 0. The highest BCUT2D eigenvalue weighted by atomic mass is 79.9. The molecule has 1 aliphatic rings. The zero-order valence-corrected chi connectivity index (χ0v) is 13.3. The summed E-state index contributed by atoms with van der Waals surface area (Å²) in [4.78, 5) is 34.3. The number of amides is 4. The van der Waals surface area contributed by atoms with Gasteiger partial charge in [-0.05, 0) is 24.6 Å². The Morgan fingerprint density at radius 3 is 2.96 bits per heavy atom. The Morgan fingerprint density at radius 2 is 2.17 bits per heavy atom. The van der Waals surface area contributed by atoms with E-state index in [-0.39, 0.29) is 18.7 Å². The van der Waals surface area contributed by atoms with Crippen molar-refractivity contribution in [3.8, 4) is 0 Å². The summed E-state index contributed by atoms with van der Waals surface area (Å²) in [6, 6.07) is 3.90. The maximum atomic E-state index is 12.0. The number of nitrogens with zero attached hydrogens (tertiary/aromatic N) is 3. The lowest BCUT2D eigenvalue weighted by atomic mass is 10.1. The third-order valence-electron chi connectivity index (χ3n) is 3.25. The van der Waals surface area contributed by atoms with E-state index in [0.717, 1.165) is 15.4 Å². The van der Waals surface area contributed by atoms with Crippen LogP contribution in [0.25, 0.3) is 10.9 Å². The Morgan fingerprint density at radius 1 is 1.35 bits per heavy atom. The molecule has 1 unspecified atom stereocenters. The van der Waals surface area contributed by atoms with E-state index in [1.807, 2.05) is 23.5 Å². The number of azo groups is 1. The highest BCUT2D eigenvalue weighted by Gasteiger charge is 2.25. The van der Waals surface area contributed by atoms with Crippen molar-refractivity contribution < 1.29 is 14.4 Å². The van der Waals surface area contributed by atoms with Crippen molar-refractivity contribution in [1.82, 2.24) is 15.5 Å². The molecule has 3 rings (SSSR count). The fourth-order valence-electron chi connectivity index (χ4n) is 2.13. The summed E-state index contributed by atoms with van der Waals surface area (Å²) in [6.07, 6.45) is 0.207. The smallest absolute Gasteiger partial charge is 0.309 e. The molecule has 3 N–H and O–H groups in total. The lowest BCUT2D eigenvalue weighted by molar-refractivity contribution is -0.122. The minimum absolute atomic E-state index is 0.0518. The molecule has 0 aliphatic carbocycles. The summed E-state index contributed by atoms with van der Waals surface area (Å²) in [5.74, 6) is -0.434. The number of aromatic amines is 1. The number of H-pyrrole nitrogens is 1. The van der Waals surface area contributed by atoms with Crippen LogP contribution in [0.1, 0.15) is 12.8 Å². The van der Waals surface area contributed by atoms with E-state index in [1.54, 1.807) is 0 Å². The average molecular weight is 379 g/mol. The van der Waals surface area contributed by atoms with Gasteiger partial charge in [0.25, 0.3) is 5.91 Å². The van der Waals surface area contributed by atoms with Crippen LogP contribution in [0.3, 0.4) is 0 Å². The topological polar surface area (TPSA) is 129 Å². The van der Waals surface area contributed by atoms with Crippen LogP contribution in [0.5, 0.6) is 0 Å². The van der Waals surface area contributed by atoms with Gasteiger partial charge in [0, 0.05) is 16.3 Å². The van der Waals surface area contributed by atoms with Crippen LogP contribution in [0.15, 0.2) is 32.9 Å². The Balaban J connectivity index is 1.62. The van der Waals surface area contributed by atoms with Crippen LogP contribution >= 0.6 is 15.9 Å². The predicted molar refractivity (Wildman–Crippen MR) is 83.8 cm³/mol. The Kier molecular flexibility index (Phi) is 4.15. The molecular weight excluding hydrogens is 368 g/mol. The number of hydrogen-bond acceptors (Lipinski definition) is 5. The minimum atomic E-state index is -0.828. The molecule has 1 aliphatic heterocycles. The first kappa shape index (κ1) is 15.3. The second-order valence-electron chi connectivity index (χ2n) is 4.87. The van der Waals surface area contributed by atoms with E-state index in [1.165, 1.54) is 0 Å². The second-order valence-corrected chi connectivity index (χ2v) is 5.79. The van der Waals surface area contributed by atoms with E-state index >= 15 is 0 Å². The van der Waals surface area contributed by atoms with Crippen LogP contribution in [-0.2, 0) is 9.59 Å². The van der Waals surface area contributed by atoms with Gasteiger partial charge in [-0.3, -0.25) is 20.0 Å². The maximum absolute atomic E-state index is 12.0. The third kappa shape index (κ3) is 3.42. The summed E-state index contributed by atoms with van der Waals surface area (Å²) in [5.41, 5.74) is 0.786. The number of anilines is 1. The highest BCUT2D eigenvalue weighted by molar-refractivity contribution is 9.10. The molecule has 0 bridgehead atoms. The number of hydrogen-bond donors (Lipinski definition) is 3. The van der Waals surface area contributed by atoms with Crippen LogP contribution < -0.4 is 10.6 Å². The number of benzene rings is 1. The van der Waals surface area contributed by atoms with E-state index < -0.39 is 18.0 Å². The number of halogens is 1. The summed E-state index contributed by atoms with van der Waals surface area (Å²) in [7, 11) is 0. The predicted octanol–water partition coefficient (Wildman–Crippen LogP) is 2.11. The Hall–Kier alpha value is -2.62. The van der Waals surface area contributed by atoms with E-state index in [0.29, 0.717) is 5.82 Å². The maximum Gasteiger partial charge on any atom is 0.365 e. The molecule has 2 heterocycles. The molecule has 0 saturated heterocycles. The molecule has 10 heteroatoms. The van der Waals surface area contributed by atoms with Crippen molar-refractivity contribution in [1.29, 1.82) is 0 Å². The number of imide groups is 1. The van der Waals surface area contributed by atoms with Gasteiger partial charge in [-0.15, -0.1) is 0 Å². The SMILES string of the molecule is O=C(CCC1N=NC(=O)NC1=O)Nc1n[nH]c2cc(Br)ccc12. The van der Waals surface area contributed by atoms with Crippen molar-refractivity contribution >= 4 is 50.5 Å². The number of carbonyl (C=O) groups is 3. The molecule has 0 spiro atoms. The molecule has 1 aromatic carbocycles. The molecule has 4 amide bonds. The molecule has 0 saturated carbocycles. The first-order valence-corrected chi connectivity index (χ1v) is 7.51. The van der Waals surface area contributed by atoms with Crippen LogP contribution in [-0.4, -0.2) is 34.1 Å². The molecule has 9 nitrogen and oxygen atoms in total. The lowest BCUT2D eigenvalue weighted by Crippen LogP contribution is -2.39. The Labute approximate surface area is 138 Å². The quantitative estimate of drug-likeness (QED) is 0.751. The number of carbonyl (C=O) groups excluding carboxylic acids is 3. The number of nitrogens with one attached hydrogen (secondary N) is 3. The summed E-state index contributed by atoms with van der Waals surface area (Å²) < 4.78 is 0.898. The number of rotatable bonds is 4. The number of aromatic nitrogens is 2. The van der Waals surface area contributed by atoms with Crippen molar-refractivity contribution in [3.05, 3.63) is 22.7 Å². The van der Waals surface area contributed by atoms with Crippen molar-refractivity contribution in [3.63, 3.8) is 0 Å². The second kappa shape index (κ2) is 6.24. The Bertz CT molecular complexity index is 830. The van der Waals surface area contributed by atoms with Crippen molar-refractivity contribution in [2.45, 2.75) is 18.9 Å². The van der Waals surface area contributed by atoms with Gasteiger partial charge in [0.15, 0.2) is 11.9 Å². The van der Waals surface area contributed by atoms with E-state index in [4.69, 9.17) is 0 Å². The molecule has 0 radical (unpaired) electrons. The fourth-order valence-corrected chi connectivity index (χ4v) is 2.49. The van der Waals surface area contributed by atoms with Gasteiger partial charge in [0.05, 0.1) is 5.52 Å². The van der Waals surface area contributed by atoms with Gasteiger partial charge < -0.3 is 5.32 Å². The van der Waals surface area contributed by atoms with E-state index in [9.17, 15) is 14.4 Å². The molecular formula is C13H11BrN6O3. The van der Waals surface area contributed by atoms with Gasteiger partial charge in [-0.25, -0.2) is 4.79 Å². The zero-order valence-electron chi connectivity index (χ0n) is 11.7. The number of urea groups is 1. The molecule has 1 aromatic heterocycles. The van der Waals surface area contributed by atoms with Crippen molar-refractivity contribution in [2.75, 3.05) is 5.32 Å². The normalized spacial score (nSPS) is 17.3. The standard InChI is InChI=1S/C13H11BrN6O3/c14-6-1-2-7-9(5-6)18-19-11(7)15-10(21)4-3-8-12(22)16-13(23)20-17-8/h1-2,5,8H,3-4H2,(H,16,22,23)(H2,15,18,19,21). The first-order chi connectivity index (χ1) is 11.0. The molecule has 0 fully saturated rings. The number of fused-ring (bicyclic) bond motifs is 1. The largest absolute Gasteiger partial charge is 0.365 e. The van der Waals surface area contributed by atoms with E-state index in [2.05, 4.69) is 41.7 Å². The van der Waals surface area contributed by atoms with Gasteiger partial charge in [-0.1, -0.05) is 21.0 Å². The third-order valence-corrected chi connectivity index (χ3v) is 3.74. The van der Waals surface area contributed by atoms with Gasteiger partial charge in [0.1, 0.15) is 0 Å². The van der Waals surface area contributed by atoms with Crippen LogP contribution in [0.2, 0.25) is 0 Å². The van der Waals surface area contributed by atoms with Crippen molar-refractivity contribution in [2.24, 2.45) is 10.2 Å². The molecule has 2 aromatic rings. The highest BCUT2D eigenvalue weighted by Crippen LogP contribution is 2.24. The summed E-state index contributed by atoms with van der Waals surface area (Å²) in [5, 5.41) is 19.2. The lowest BCUT2D eigenvalue weighted by Gasteiger charge is -2.13. The minimum Gasteiger partial charge on any atom is -0.309 e. The molecule has 1 atom stereocenters. The van der Waals surface area contributed by atoms with Crippen LogP contribution in [0.4, 0.5) is 10.6 Å². The fraction of sp³-hybridized carbons (Fsp3) is 0.231. The van der Waals surface area contributed by atoms with Crippen LogP contribution in [0, 0.1) is 0 Å². The summed E-state index contributed by atoms with van der Waals surface area (Å²) >= 11 is 3.36. The molecule has 118 valence electrons. The van der Waals surface area contributed by atoms with Gasteiger partial charge >= 0.3 is 6.03 Å². The molecule has 23 heavy (non-hydrogen) atoms. The first-order valence-electron chi connectivity index (χ1n) is 6.72. The van der Waals surface area contributed by atoms with Gasteiger partial charge in [0.2, 0.25) is 5.91 Å². The monoisotopic (exact) mass is 378 g/mol. The average Bonchev–Trinajstić information content (AvgIpc) is 2.88. The zero-order chi connectivity index (χ0) is 16.4. The van der Waals surface area contributed by atoms with Gasteiger partial charge in [-0.2, -0.15) is 10.2 Å².